The highest BCUT2D eigenvalue weighted by Gasteiger charge is 2.00. The fourth-order valence-corrected chi connectivity index (χ4v) is 2.06. The van der Waals surface area contributed by atoms with Crippen molar-refractivity contribution in [3.8, 4) is 0 Å². The molecule has 0 saturated carbocycles. The minimum Gasteiger partial charge on any atom is -0.384 e. The van der Waals surface area contributed by atoms with Crippen LogP contribution in [0.25, 0.3) is 0 Å². The molecule has 0 aliphatic carbocycles. The van der Waals surface area contributed by atoms with Gasteiger partial charge in [-0.2, -0.15) is 0 Å². The fourth-order valence-electron chi connectivity index (χ4n) is 2.06. The molecule has 3 nitrogen and oxygen atoms in total. The van der Waals surface area contributed by atoms with Crippen LogP contribution in [0.2, 0.25) is 0 Å². The summed E-state index contributed by atoms with van der Waals surface area (Å²) in [5.74, 6) is 0.581. The molecule has 0 fully saturated rings. The van der Waals surface area contributed by atoms with Crippen molar-refractivity contribution < 1.29 is 0 Å². The van der Waals surface area contributed by atoms with E-state index in [1.165, 1.54) is 11.1 Å². The maximum absolute atomic E-state index is 4.23. The van der Waals surface area contributed by atoms with Gasteiger partial charge in [0, 0.05) is 13.1 Å². The van der Waals surface area contributed by atoms with Crippen LogP contribution >= 0.6 is 0 Å². The Labute approximate surface area is 121 Å². The average Bonchev–Trinajstić information content (AvgIpc) is 2.46. The number of hydrogen-bond acceptors (Lipinski definition) is 3. The second kappa shape index (κ2) is 6.94. The minimum absolute atomic E-state index is 0.581. The van der Waals surface area contributed by atoms with Crippen LogP contribution in [0.4, 0.5) is 11.4 Å². The van der Waals surface area contributed by atoms with Crippen LogP contribution in [0, 0.1) is 0 Å². The summed E-state index contributed by atoms with van der Waals surface area (Å²) in [6.45, 7) is 8.23. The molecule has 0 amide bonds. The fraction of sp³-hybridized carbons (Fsp3) is 0.353. The van der Waals surface area contributed by atoms with E-state index < -0.39 is 0 Å². The molecule has 3 heteroatoms. The summed E-state index contributed by atoms with van der Waals surface area (Å²) in [4.78, 5) is 4.23. The third kappa shape index (κ3) is 3.98. The Morgan fingerprint density at radius 2 is 1.65 bits per heavy atom. The normalized spacial score (nSPS) is 10.6. The van der Waals surface area contributed by atoms with Crippen LogP contribution in [-0.2, 0) is 6.54 Å². The molecule has 2 aromatic rings. The highest BCUT2D eigenvalue weighted by atomic mass is 14.9. The van der Waals surface area contributed by atoms with Crippen molar-refractivity contribution in [3.63, 3.8) is 0 Å². The third-order valence-corrected chi connectivity index (χ3v) is 3.26. The predicted octanol–water partition coefficient (Wildman–Crippen LogP) is 4.25. The summed E-state index contributed by atoms with van der Waals surface area (Å²) in [6.07, 6.45) is 3.69. The topological polar surface area (TPSA) is 37.0 Å². The lowest BCUT2D eigenvalue weighted by atomic mass is 10.0. The number of nitrogens with zero attached hydrogens (tertiary/aromatic N) is 1. The van der Waals surface area contributed by atoms with E-state index in [0.29, 0.717) is 5.92 Å². The Hall–Kier alpha value is -2.03. The number of benzene rings is 1. The zero-order chi connectivity index (χ0) is 14.4. The molecule has 1 aromatic heterocycles. The Morgan fingerprint density at radius 3 is 2.25 bits per heavy atom. The molecule has 106 valence electrons. The van der Waals surface area contributed by atoms with E-state index in [-0.39, 0.29) is 0 Å². The molecule has 0 unspecified atom stereocenters. The first-order valence-electron chi connectivity index (χ1n) is 7.20. The SMILES string of the molecule is CCNc1cncc(NCc2ccc(C(C)C)cc2)c1. The molecule has 0 saturated heterocycles. The lowest BCUT2D eigenvalue weighted by Gasteiger charge is -2.10. The lowest BCUT2D eigenvalue weighted by Crippen LogP contribution is -2.02. The summed E-state index contributed by atoms with van der Waals surface area (Å²) in [6, 6.07) is 10.9. The summed E-state index contributed by atoms with van der Waals surface area (Å²) in [7, 11) is 0. The van der Waals surface area contributed by atoms with Crippen LogP contribution in [0.15, 0.2) is 42.7 Å². The van der Waals surface area contributed by atoms with Gasteiger partial charge in [-0.25, -0.2) is 0 Å². The first-order valence-corrected chi connectivity index (χ1v) is 7.20. The largest absolute Gasteiger partial charge is 0.384 e. The van der Waals surface area contributed by atoms with Gasteiger partial charge in [-0.05, 0) is 30.0 Å². The second-order valence-corrected chi connectivity index (χ2v) is 5.24. The van der Waals surface area contributed by atoms with Crippen molar-refractivity contribution in [2.75, 3.05) is 17.2 Å². The van der Waals surface area contributed by atoms with Gasteiger partial charge >= 0.3 is 0 Å². The van der Waals surface area contributed by atoms with Gasteiger partial charge in [0.25, 0.3) is 0 Å². The molecule has 1 heterocycles. The average molecular weight is 269 g/mol. The molecule has 0 bridgehead atoms. The summed E-state index contributed by atoms with van der Waals surface area (Å²) in [5.41, 5.74) is 4.75. The molecule has 0 aliphatic rings. The molecule has 20 heavy (non-hydrogen) atoms. The van der Waals surface area contributed by atoms with Crippen molar-refractivity contribution in [1.82, 2.24) is 4.98 Å². The Bertz CT molecular complexity index is 532. The first-order chi connectivity index (χ1) is 9.69. The Morgan fingerprint density at radius 1 is 1.00 bits per heavy atom. The Balaban J connectivity index is 1.96. The van der Waals surface area contributed by atoms with Gasteiger partial charge in [0.15, 0.2) is 0 Å². The van der Waals surface area contributed by atoms with Gasteiger partial charge in [0.1, 0.15) is 0 Å². The predicted molar refractivity (Wildman–Crippen MR) is 86.3 cm³/mol. The Kier molecular flexibility index (Phi) is 4.99. The van der Waals surface area contributed by atoms with E-state index in [2.05, 4.69) is 66.7 Å². The van der Waals surface area contributed by atoms with E-state index in [1.54, 1.807) is 0 Å². The molecule has 1 aromatic carbocycles. The molecule has 2 rings (SSSR count). The smallest absolute Gasteiger partial charge is 0.0550 e. The molecule has 2 N–H and O–H groups in total. The molecular formula is C17H23N3. The van der Waals surface area contributed by atoms with E-state index in [4.69, 9.17) is 0 Å². The molecule has 0 spiro atoms. The van der Waals surface area contributed by atoms with Crippen LogP contribution < -0.4 is 10.6 Å². The van der Waals surface area contributed by atoms with Crippen molar-refractivity contribution in [2.45, 2.75) is 33.2 Å². The summed E-state index contributed by atoms with van der Waals surface area (Å²) >= 11 is 0. The van der Waals surface area contributed by atoms with E-state index in [0.717, 1.165) is 24.5 Å². The number of pyridine rings is 1. The zero-order valence-electron chi connectivity index (χ0n) is 12.5. The molecule has 0 atom stereocenters. The number of nitrogens with one attached hydrogen (secondary N) is 2. The van der Waals surface area contributed by atoms with Gasteiger partial charge in [-0.3, -0.25) is 4.98 Å². The number of anilines is 2. The van der Waals surface area contributed by atoms with Crippen LogP contribution in [0.5, 0.6) is 0 Å². The van der Waals surface area contributed by atoms with Crippen molar-refractivity contribution in [2.24, 2.45) is 0 Å². The number of rotatable bonds is 6. The van der Waals surface area contributed by atoms with Gasteiger partial charge in [0.2, 0.25) is 0 Å². The summed E-state index contributed by atoms with van der Waals surface area (Å²) in [5, 5.41) is 6.67. The van der Waals surface area contributed by atoms with Gasteiger partial charge in [-0.15, -0.1) is 0 Å². The minimum atomic E-state index is 0.581. The van der Waals surface area contributed by atoms with Gasteiger partial charge in [-0.1, -0.05) is 38.1 Å². The van der Waals surface area contributed by atoms with E-state index in [9.17, 15) is 0 Å². The highest BCUT2D eigenvalue weighted by Crippen LogP contribution is 2.17. The standard InChI is InChI=1S/C17H23N3/c1-4-19-16-9-17(12-18-11-16)20-10-14-5-7-15(8-6-14)13(2)3/h5-9,11-13,19-20H,4,10H2,1-3H3. The zero-order valence-corrected chi connectivity index (χ0v) is 12.5. The summed E-state index contributed by atoms with van der Waals surface area (Å²) < 4.78 is 0. The number of hydrogen-bond donors (Lipinski definition) is 2. The van der Waals surface area contributed by atoms with Crippen LogP contribution in [0.1, 0.15) is 37.8 Å². The van der Waals surface area contributed by atoms with Crippen molar-refractivity contribution >= 4 is 11.4 Å². The second-order valence-electron chi connectivity index (χ2n) is 5.24. The van der Waals surface area contributed by atoms with Crippen molar-refractivity contribution in [3.05, 3.63) is 53.9 Å². The quantitative estimate of drug-likeness (QED) is 0.823. The van der Waals surface area contributed by atoms with Crippen LogP contribution in [-0.4, -0.2) is 11.5 Å². The van der Waals surface area contributed by atoms with Crippen LogP contribution in [0.3, 0.4) is 0 Å². The van der Waals surface area contributed by atoms with E-state index in [1.807, 2.05) is 12.4 Å². The lowest BCUT2D eigenvalue weighted by molar-refractivity contribution is 0.865. The third-order valence-electron chi connectivity index (χ3n) is 3.26. The first kappa shape index (κ1) is 14.4. The molecule has 0 aliphatic heterocycles. The number of aromatic nitrogens is 1. The monoisotopic (exact) mass is 269 g/mol. The molecule has 0 radical (unpaired) electrons. The highest BCUT2D eigenvalue weighted by molar-refractivity contribution is 5.54. The maximum Gasteiger partial charge on any atom is 0.0550 e. The van der Waals surface area contributed by atoms with Gasteiger partial charge in [0.05, 0.1) is 23.8 Å². The molecular weight excluding hydrogens is 246 g/mol. The van der Waals surface area contributed by atoms with Crippen molar-refractivity contribution in [1.29, 1.82) is 0 Å². The van der Waals surface area contributed by atoms with E-state index >= 15 is 0 Å². The van der Waals surface area contributed by atoms with Gasteiger partial charge < -0.3 is 10.6 Å². The maximum atomic E-state index is 4.23.